The lowest BCUT2D eigenvalue weighted by molar-refractivity contribution is -0.132. The molecular weight excluding hydrogens is 326 g/mol. The monoisotopic (exact) mass is 361 g/mol. The van der Waals surface area contributed by atoms with Crippen LogP contribution in [0.4, 0.5) is 0 Å². The van der Waals surface area contributed by atoms with Crippen LogP contribution in [0.25, 0.3) is 0 Å². The second-order valence-corrected chi connectivity index (χ2v) is 10.2. The molecule has 0 aromatic carbocycles. The van der Waals surface area contributed by atoms with E-state index in [2.05, 4.69) is 22.9 Å². The summed E-state index contributed by atoms with van der Waals surface area (Å²) in [6.07, 6.45) is 10.7. The minimum absolute atomic E-state index is 0.0522. The fourth-order valence-corrected chi connectivity index (χ4v) is 6.67. The van der Waals surface area contributed by atoms with Crippen molar-refractivity contribution in [3.8, 4) is 0 Å². The normalized spacial score (nSPS) is 37.3. The molecule has 1 aliphatic heterocycles. The van der Waals surface area contributed by atoms with Crippen LogP contribution in [0.3, 0.4) is 0 Å². The Morgan fingerprint density at radius 2 is 1.50 bits per heavy atom. The Balaban J connectivity index is 1.20. The van der Waals surface area contributed by atoms with Crippen molar-refractivity contribution in [2.75, 3.05) is 26.2 Å². The molecule has 4 bridgehead atoms. The number of nitrogens with one attached hydrogen (secondary N) is 3. The first-order valence-electron chi connectivity index (χ1n) is 10.7. The fourth-order valence-electron chi connectivity index (χ4n) is 6.67. The van der Waals surface area contributed by atoms with E-state index in [1.165, 1.54) is 38.5 Å². The summed E-state index contributed by atoms with van der Waals surface area (Å²) >= 11 is 0. The van der Waals surface area contributed by atoms with Gasteiger partial charge in [0.05, 0.1) is 6.54 Å². The lowest BCUT2D eigenvalue weighted by Gasteiger charge is -2.56. The summed E-state index contributed by atoms with van der Waals surface area (Å²) in [5.74, 6) is 2.62. The molecule has 4 saturated carbocycles. The van der Waals surface area contributed by atoms with Crippen molar-refractivity contribution in [1.29, 1.82) is 0 Å². The number of carbonyl (C=O) groups excluding carboxylic acids is 2. The van der Waals surface area contributed by atoms with Gasteiger partial charge in [-0.25, -0.2) is 0 Å². The molecule has 5 aliphatic rings. The molecule has 1 saturated heterocycles. The minimum Gasteiger partial charge on any atom is -0.354 e. The first kappa shape index (κ1) is 18.3. The van der Waals surface area contributed by atoms with E-state index >= 15 is 0 Å². The Kier molecular flexibility index (Phi) is 5.02. The molecule has 0 spiro atoms. The smallest absolute Gasteiger partial charge is 0.239 e. The van der Waals surface area contributed by atoms with Gasteiger partial charge in [-0.3, -0.25) is 9.59 Å². The fraction of sp³-hybridized carbons (Fsp3) is 0.905. The van der Waals surface area contributed by atoms with E-state index in [1.807, 2.05) is 0 Å². The molecule has 0 aromatic heterocycles. The van der Waals surface area contributed by atoms with Gasteiger partial charge in [0, 0.05) is 13.0 Å². The van der Waals surface area contributed by atoms with Crippen LogP contribution in [-0.2, 0) is 9.59 Å². The zero-order chi connectivity index (χ0) is 18.2. The zero-order valence-electron chi connectivity index (χ0n) is 16.2. The van der Waals surface area contributed by atoms with Crippen LogP contribution in [-0.4, -0.2) is 38.0 Å². The molecule has 146 valence electrons. The summed E-state index contributed by atoms with van der Waals surface area (Å²) in [4.78, 5) is 24.7. The molecule has 5 fully saturated rings. The van der Waals surface area contributed by atoms with Crippen LogP contribution in [0.5, 0.6) is 0 Å². The predicted molar refractivity (Wildman–Crippen MR) is 101 cm³/mol. The molecule has 3 N–H and O–H groups in total. The molecule has 4 aliphatic carbocycles. The third-order valence-electron chi connectivity index (χ3n) is 7.67. The molecule has 5 rings (SSSR count). The molecule has 26 heavy (non-hydrogen) atoms. The summed E-state index contributed by atoms with van der Waals surface area (Å²) in [6, 6.07) is 0. The van der Waals surface area contributed by atoms with Crippen molar-refractivity contribution in [1.82, 2.24) is 16.0 Å². The van der Waals surface area contributed by atoms with E-state index < -0.39 is 0 Å². The van der Waals surface area contributed by atoms with Gasteiger partial charge in [-0.05, 0) is 93.0 Å². The third kappa shape index (κ3) is 4.08. The Labute approximate surface area is 157 Å². The van der Waals surface area contributed by atoms with Gasteiger partial charge in [-0.2, -0.15) is 0 Å². The van der Waals surface area contributed by atoms with Crippen molar-refractivity contribution < 1.29 is 9.59 Å². The Bertz CT molecular complexity index is 518. The van der Waals surface area contributed by atoms with Gasteiger partial charge in [-0.1, -0.05) is 6.92 Å². The SMILES string of the molecule is CC1(CNC(=O)CNC(=O)CC23CC4CC(CC(C4)C2)C3)CCNCC1. The highest BCUT2D eigenvalue weighted by Gasteiger charge is 2.51. The largest absolute Gasteiger partial charge is 0.354 e. The first-order chi connectivity index (χ1) is 12.4. The Morgan fingerprint density at radius 1 is 0.923 bits per heavy atom. The molecule has 0 aromatic rings. The number of piperidine rings is 1. The van der Waals surface area contributed by atoms with Crippen molar-refractivity contribution in [2.45, 2.75) is 64.7 Å². The standard InChI is InChI=1S/C21H35N3O2/c1-20(2-4-22-5-3-20)14-24-19(26)13-23-18(25)12-21-9-15-6-16(10-21)8-17(7-15)11-21/h15-17,22H,2-14H2,1H3,(H,23,25)(H,24,26). The molecule has 0 unspecified atom stereocenters. The zero-order valence-corrected chi connectivity index (χ0v) is 16.2. The molecule has 5 nitrogen and oxygen atoms in total. The van der Waals surface area contributed by atoms with Crippen LogP contribution in [0, 0.1) is 28.6 Å². The van der Waals surface area contributed by atoms with Crippen LogP contribution < -0.4 is 16.0 Å². The predicted octanol–water partition coefficient (Wildman–Crippen LogP) is 2.21. The second-order valence-electron chi connectivity index (χ2n) is 10.2. The maximum Gasteiger partial charge on any atom is 0.239 e. The van der Waals surface area contributed by atoms with Gasteiger partial charge in [0.25, 0.3) is 0 Å². The van der Waals surface area contributed by atoms with Crippen LogP contribution in [0.1, 0.15) is 64.7 Å². The van der Waals surface area contributed by atoms with Crippen molar-refractivity contribution >= 4 is 11.8 Å². The highest BCUT2D eigenvalue weighted by atomic mass is 16.2. The minimum atomic E-state index is -0.0522. The van der Waals surface area contributed by atoms with Crippen LogP contribution in [0.2, 0.25) is 0 Å². The van der Waals surface area contributed by atoms with E-state index in [4.69, 9.17) is 0 Å². The van der Waals surface area contributed by atoms with Crippen molar-refractivity contribution in [3.63, 3.8) is 0 Å². The van der Waals surface area contributed by atoms with E-state index in [-0.39, 0.29) is 29.2 Å². The van der Waals surface area contributed by atoms with E-state index in [9.17, 15) is 9.59 Å². The van der Waals surface area contributed by atoms with Crippen molar-refractivity contribution in [2.24, 2.45) is 28.6 Å². The summed E-state index contributed by atoms with van der Waals surface area (Å²) in [5.41, 5.74) is 0.433. The average Bonchev–Trinajstić information content (AvgIpc) is 2.57. The van der Waals surface area contributed by atoms with Gasteiger partial charge in [0.2, 0.25) is 11.8 Å². The van der Waals surface area contributed by atoms with Crippen molar-refractivity contribution in [3.05, 3.63) is 0 Å². The maximum atomic E-state index is 12.5. The summed E-state index contributed by atoms with van der Waals surface area (Å²) < 4.78 is 0. The summed E-state index contributed by atoms with van der Waals surface area (Å²) in [7, 11) is 0. The summed E-state index contributed by atoms with van der Waals surface area (Å²) in [5, 5.41) is 9.28. The Hall–Kier alpha value is -1.10. The molecule has 2 amide bonds. The van der Waals surface area contributed by atoms with Crippen LogP contribution >= 0.6 is 0 Å². The van der Waals surface area contributed by atoms with Gasteiger partial charge in [0.15, 0.2) is 0 Å². The molecule has 1 heterocycles. The number of rotatable bonds is 6. The lowest BCUT2D eigenvalue weighted by atomic mass is 9.49. The molecule has 0 atom stereocenters. The lowest BCUT2D eigenvalue weighted by Crippen LogP contribution is -2.49. The number of hydrogen-bond acceptors (Lipinski definition) is 3. The maximum absolute atomic E-state index is 12.5. The molecule has 5 heteroatoms. The third-order valence-corrected chi connectivity index (χ3v) is 7.67. The van der Waals surface area contributed by atoms with E-state index in [0.29, 0.717) is 13.0 Å². The van der Waals surface area contributed by atoms with E-state index in [0.717, 1.165) is 43.7 Å². The highest BCUT2D eigenvalue weighted by Crippen LogP contribution is 2.61. The van der Waals surface area contributed by atoms with Gasteiger partial charge >= 0.3 is 0 Å². The molecule has 0 radical (unpaired) electrons. The number of carbonyl (C=O) groups is 2. The highest BCUT2D eigenvalue weighted by molar-refractivity contribution is 5.85. The quantitative estimate of drug-likeness (QED) is 0.679. The van der Waals surface area contributed by atoms with Gasteiger partial charge < -0.3 is 16.0 Å². The van der Waals surface area contributed by atoms with Gasteiger partial charge in [-0.15, -0.1) is 0 Å². The molecular formula is C21H35N3O2. The van der Waals surface area contributed by atoms with Gasteiger partial charge in [0.1, 0.15) is 0 Å². The topological polar surface area (TPSA) is 70.2 Å². The van der Waals surface area contributed by atoms with Crippen LogP contribution in [0.15, 0.2) is 0 Å². The second kappa shape index (κ2) is 7.14. The first-order valence-corrected chi connectivity index (χ1v) is 10.7. The Morgan fingerprint density at radius 3 is 2.08 bits per heavy atom. The average molecular weight is 362 g/mol. The number of hydrogen-bond donors (Lipinski definition) is 3. The number of amides is 2. The summed E-state index contributed by atoms with van der Waals surface area (Å²) in [6.45, 7) is 5.11. The van der Waals surface area contributed by atoms with E-state index in [1.54, 1.807) is 0 Å².